The Kier molecular flexibility index (Phi) is 7.50. The molecule has 1 aliphatic carbocycles. The Balaban J connectivity index is 1.67. The summed E-state index contributed by atoms with van der Waals surface area (Å²) < 4.78 is 34.0. The molecule has 0 amide bonds. The van der Waals surface area contributed by atoms with Crippen molar-refractivity contribution in [2.45, 2.75) is 63.6 Å². The first-order chi connectivity index (χ1) is 14.2. The number of hydrogen-bond donors (Lipinski definition) is 1. The van der Waals surface area contributed by atoms with E-state index >= 15 is 0 Å². The highest BCUT2D eigenvalue weighted by molar-refractivity contribution is 7.88. The lowest BCUT2D eigenvalue weighted by atomic mass is 9.83. The van der Waals surface area contributed by atoms with Gasteiger partial charge < -0.3 is 9.30 Å². The van der Waals surface area contributed by atoms with E-state index in [2.05, 4.69) is 29.0 Å². The summed E-state index contributed by atoms with van der Waals surface area (Å²) in [6, 6.07) is 13.3. The van der Waals surface area contributed by atoms with E-state index in [1.54, 1.807) is 30.7 Å². The molecule has 2 aromatic rings. The molecule has 6 nitrogen and oxygen atoms in total. The monoisotopic (exact) mass is 432 g/mol. The van der Waals surface area contributed by atoms with E-state index in [4.69, 9.17) is 4.74 Å². The van der Waals surface area contributed by atoms with E-state index in [0.717, 1.165) is 31.9 Å². The minimum Gasteiger partial charge on any atom is -0.376 e. The van der Waals surface area contributed by atoms with Gasteiger partial charge in [-0.2, -0.15) is 0 Å². The lowest BCUT2D eigenvalue weighted by Gasteiger charge is -2.32. The molecule has 164 valence electrons. The molecule has 0 saturated heterocycles. The zero-order valence-corrected chi connectivity index (χ0v) is 18.8. The van der Waals surface area contributed by atoms with Crippen LogP contribution in [-0.4, -0.2) is 38.0 Å². The van der Waals surface area contributed by atoms with Gasteiger partial charge in [-0.25, -0.2) is 13.1 Å². The van der Waals surface area contributed by atoms with Gasteiger partial charge in [-0.05, 0) is 57.1 Å². The van der Waals surface area contributed by atoms with Crippen LogP contribution in [0.2, 0.25) is 0 Å². The molecule has 0 bridgehead atoms. The first-order valence-corrected chi connectivity index (χ1v) is 12.5. The zero-order chi connectivity index (χ0) is 21.7. The molecule has 0 unspecified atom stereocenters. The van der Waals surface area contributed by atoms with E-state index in [1.165, 1.54) is 5.56 Å². The number of sulfonamides is 1. The van der Waals surface area contributed by atoms with E-state index < -0.39 is 22.1 Å². The van der Waals surface area contributed by atoms with Crippen LogP contribution < -0.4 is 10.3 Å². The Labute approximate surface area is 179 Å². The molecule has 1 aromatic heterocycles. The molecule has 0 aliphatic heterocycles. The number of benzene rings is 1. The number of rotatable bonds is 8. The van der Waals surface area contributed by atoms with Gasteiger partial charge in [-0.1, -0.05) is 36.4 Å². The van der Waals surface area contributed by atoms with Crippen molar-refractivity contribution >= 4 is 10.0 Å². The summed E-state index contributed by atoms with van der Waals surface area (Å²) in [6.07, 6.45) is 7.02. The van der Waals surface area contributed by atoms with Gasteiger partial charge in [-0.3, -0.25) is 4.79 Å². The molecular formula is C23H32N2O4S. The number of aromatic nitrogens is 1. The molecule has 1 aromatic carbocycles. The van der Waals surface area contributed by atoms with Crippen LogP contribution in [0.25, 0.3) is 0 Å². The Morgan fingerprint density at radius 1 is 1.10 bits per heavy atom. The van der Waals surface area contributed by atoms with Gasteiger partial charge in [0.2, 0.25) is 10.0 Å². The molecule has 30 heavy (non-hydrogen) atoms. The minimum absolute atomic E-state index is 0.124. The molecule has 3 rings (SSSR count). The third-order valence-corrected chi connectivity index (χ3v) is 6.75. The van der Waals surface area contributed by atoms with Crippen molar-refractivity contribution in [2.75, 3.05) is 12.9 Å². The molecule has 7 heteroatoms. The lowest BCUT2D eigenvalue weighted by Crippen LogP contribution is -2.44. The predicted molar refractivity (Wildman–Crippen MR) is 119 cm³/mol. The topological polar surface area (TPSA) is 77.4 Å². The lowest BCUT2D eigenvalue weighted by molar-refractivity contribution is 0.00239. The van der Waals surface area contributed by atoms with Crippen LogP contribution >= 0.6 is 0 Å². The van der Waals surface area contributed by atoms with Gasteiger partial charge in [0.1, 0.15) is 0 Å². The maximum absolute atomic E-state index is 12.7. The number of ether oxygens (including phenoxy) is 1. The fraction of sp³-hybridized carbons (Fsp3) is 0.522. The Morgan fingerprint density at radius 3 is 2.40 bits per heavy atom. The van der Waals surface area contributed by atoms with Crippen LogP contribution in [0.4, 0.5) is 0 Å². The van der Waals surface area contributed by atoms with Crippen molar-refractivity contribution in [3.05, 3.63) is 70.1 Å². The average Bonchev–Trinajstić information content (AvgIpc) is 2.71. The molecule has 1 fully saturated rings. The van der Waals surface area contributed by atoms with Crippen LogP contribution in [0, 0.1) is 6.92 Å². The summed E-state index contributed by atoms with van der Waals surface area (Å²) in [6.45, 7) is 3.82. The van der Waals surface area contributed by atoms with Crippen molar-refractivity contribution < 1.29 is 13.2 Å². The second-order valence-corrected chi connectivity index (χ2v) is 10.1. The largest absolute Gasteiger partial charge is 0.376 e. The zero-order valence-electron chi connectivity index (χ0n) is 18.0. The van der Waals surface area contributed by atoms with Crippen LogP contribution in [0.15, 0.2) is 53.5 Å². The van der Waals surface area contributed by atoms with E-state index in [1.807, 2.05) is 12.1 Å². The summed E-state index contributed by atoms with van der Waals surface area (Å²) in [4.78, 5) is 12.7. The van der Waals surface area contributed by atoms with E-state index in [-0.39, 0.29) is 18.3 Å². The standard InChI is InChI=1S/C23H32N2O4S/c1-17-8-7-15-25(23(17)26)22(18(2)24-30(3,27)28)16-29-21-13-11-20(12-14-21)19-9-5-4-6-10-19/h4-10,15,18,20-22,24H,11-14,16H2,1-3H3/t18-,20?,21?,22-/m1/s1. The van der Waals surface area contributed by atoms with Gasteiger partial charge in [-0.15, -0.1) is 0 Å². The number of pyridine rings is 1. The van der Waals surface area contributed by atoms with Crippen LogP contribution in [0.3, 0.4) is 0 Å². The maximum atomic E-state index is 12.7. The molecule has 1 N–H and O–H groups in total. The highest BCUT2D eigenvalue weighted by atomic mass is 32.2. The smallest absolute Gasteiger partial charge is 0.253 e. The first kappa shape index (κ1) is 22.7. The van der Waals surface area contributed by atoms with Crippen molar-refractivity contribution in [3.63, 3.8) is 0 Å². The third kappa shape index (κ3) is 6.03. The Morgan fingerprint density at radius 2 is 1.77 bits per heavy atom. The quantitative estimate of drug-likeness (QED) is 0.694. The second kappa shape index (κ2) is 9.90. The first-order valence-electron chi connectivity index (χ1n) is 10.6. The van der Waals surface area contributed by atoms with E-state index in [9.17, 15) is 13.2 Å². The number of hydrogen-bond acceptors (Lipinski definition) is 4. The molecular weight excluding hydrogens is 400 g/mol. The molecule has 0 radical (unpaired) electrons. The normalized spacial score (nSPS) is 21.8. The highest BCUT2D eigenvalue weighted by Crippen LogP contribution is 2.34. The molecule has 1 heterocycles. The van der Waals surface area contributed by atoms with Crippen molar-refractivity contribution in [1.29, 1.82) is 0 Å². The summed E-state index contributed by atoms with van der Waals surface area (Å²) >= 11 is 0. The molecule has 1 aliphatic rings. The minimum atomic E-state index is -3.40. The fourth-order valence-corrected chi connectivity index (χ4v) is 5.12. The molecule has 2 atom stereocenters. The Bertz CT molecular complexity index is 980. The third-order valence-electron chi connectivity index (χ3n) is 5.95. The fourth-order valence-electron chi connectivity index (χ4n) is 4.29. The summed E-state index contributed by atoms with van der Waals surface area (Å²) in [5, 5.41) is 0. The van der Waals surface area contributed by atoms with E-state index in [0.29, 0.717) is 11.5 Å². The Hall–Kier alpha value is -1.96. The summed E-state index contributed by atoms with van der Waals surface area (Å²) in [7, 11) is -3.40. The van der Waals surface area contributed by atoms with Crippen LogP contribution in [0.1, 0.15) is 55.7 Å². The van der Waals surface area contributed by atoms with Crippen molar-refractivity contribution in [3.8, 4) is 0 Å². The second-order valence-electron chi connectivity index (χ2n) is 8.37. The van der Waals surface area contributed by atoms with Gasteiger partial charge in [0.15, 0.2) is 0 Å². The van der Waals surface area contributed by atoms with Crippen molar-refractivity contribution in [1.82, 2.24) is 9.29 Å². The SMILES string of the molecule is Cc1cccn([C@H](COC2CCC(c3ccccc3)CC2)[C@@H](C)NS(C)(=O)=O)c1=O. The van der Waals surface area contributed by atoms with Gasteiger partial charge in [0.05, 0.1) is 25.0 Å². The molecule has 0 spiro atoms. The van der Waals surface area contributed by atoms with Crippen LogP contribution in [-0.2, 0) is 14.8 Å². The van der Waals surface area contributed by atoms with Gasteiger partial charge in [0, 0.05) is 17.8 Å². The number of nitrogens with zero attached hydrogens (tertiary/aromatic N) is 1. The summed E-state index contributed by atoms with van der Waals surface area (Å²) in [5.74, 6) is 0.562. The van der Waals surface area contributed by atoms with Crippen molar-refractivity contribution in [2.24, 2.45) is 0 Å². The maximum Gasteiger partial charge on any atom is 0.253 e. The predicted octanol–water partition coefficient (Wildman–Crippen LogP) is 3.38. The highest BCUT2D eigenvalue weighted by Gasteiger charge is 2.27. The average molecular weight is 433 g/mol. The van der Waals surface area contributed by atoms with Gasteiger partial charge in [0.25, 0.3) is 5.56 Å². The molecule has 1 saturated carbocycles. The number of aryl methyl sites for hydroxylation is 1. The summed E-state index contributed by atoms with van der Waals surface area (Å²) in [5.41, 5.74) is 1.88. The number of nitrogens with one attached hydrogen (secondary N) is 1. The van der Waals surface area contributed by atoms with Crippen LogP contribution in [0.5, 0.6) is 0 Å². The van der Waals surface area contributed by atoms with Gasteiger partial charge >= 0.3 is 0 Å².